The van der Waals surface area contributed by atoms with E-state index >= 15 is 0 Å². The largest absolute Gasteiger partial charge is 0.375 e. The van der Waals surface area contributed by atoms with E-state index in [1.165, 1.54) is 0 Å². The molecule has 1 aromatic carbocycles. The number of nitrogens with zero attached hydrogens (tertiary/aromatic N) is 1. The molecule has 0 aliphatic carbocycles. The maximum atomic E-state index is 13.2. The van der Waals surface area contributed by atoms with Crippen molar-refractivity contribution in [2.24, 2.45) is 0 Å². The summed E-state index contributed by atoms with van der Waals surface area (Å²) in [4.78, 5) is 10.3. The van der Waals surface area contributed by atoms with Crippen molar-refractivity contribution < 1.29 is 9.31 Å². The molecule has 128 valence electrons. The van der Waals surface area contributed by atoms with Gasteiger partial charge in [-0.05, 0) is 31.1 Å². The molecular weight excluding hydrogens is 295 g/mol. The van der Waals surface area contributed by atoms with E-state index in [2.05, 4.69) is 18.5 Å². The highest BCUT2D eigenvalue weighted by Gasteiger charge is 2.14. The first-order valence-electron chi connectivity index (χ1n) is 7.02. The van der Waals surface area contributed by atoms with Gasteiger partial charge in [0.2, 0.25) is 0 Å². The molecule has 0 bridgehead atoms. The van der Waals surface area contributed by atoms with E-state index in [1.807, 2.05) is 27.7 Å². The van der Waals surface area contributed by atoms with Gasteiger partial charge in [0.25, 0.3) is 5.69 Å². The van der Waals surface area contributed by atoms with Gasteiger partial charge in [-0.3, -0.25) is 10.1 Å². The molecule has 0 saturated carbocycles. The molecule has 23 heavy (non-hydrogen) atoms. The van der Waals surface area contributed by atoms with Gasteiger partial charge in [0, 0.05) is 18.7 Å². The number of nitrogens with one attached hydrogen (secondary N) is 1. The molecule has 0 atom stereocenters. The number of allylic oxidation sites excluding steroid dienone is 2. The number of nitro benzene ring substituents is 1. The van der Waals surface area contributed by atoms with E-state index in [-0.39, 0.29) is 18.8 Å². The fraction of sp³-hybridized carbons (Fsp3) is 0.333. The summed E-state index contributed by atoms with van der Waals surface area (Å²) < 4.78 is 13.2. The predicted octanol–water partition coefficient (Wildman–Crippen LogP) is 5.89. The average Bonchev–Trinajstić information content (AvgIpc) is 2.48. The molecule has 0 heterocycles. The summed E-state index contributed by atoms with van der Waals surface area (Å²) in [5.41, 5.74) is 2.62. The Bertz CT molecular complexity index is 593. The fourth-order valence-corrected chi connectivity index (χ4v) is 1.74. The van der Waals surface area contributed by atoms with Crippen LogP contribution < -0.4 is 5.32 Å². The first-order valence-corrected chi connectivity index (χ1v) is 7.02. The Morgan fingerprint density at radius 2 is 1.96 bits per heavy atom. The van der Waals surface area contributed by atoms with Gasteiger partial charge in [0.1, 0.15) is 11.5 Å². The van der Waals surface area contributed by atoms with Crippen molar-refractivity contribution in [3.05, 3.63) is 70.1 Å². The molecule has 0 amide bonds. The molecule has 0 unspecified atom stereocenters. The van der Waals surface area contributed by atoms with Gasteiger partial charge in [-0.15, -0.1) is 0 Å². The quantitative estimate of drug-likeness (QED) is 0.404. The van der Waals surface area contributed by atoms with Gasteiger partial charge >= 0.3 is 0 Å². The lowest BCUT2D eigenvalue weighted by Gasteiger charge is -2.12. The molecule has 0 aliphatic rings. The zero-order chi connectivity index (χ0) is 17.3. The lowest BCUT2D eigenvalue weighted by Crippen LogP contribution is -2.09. The van der Waals surface area contributed by atoms with E-state index in [1.54, 1.807) is 6.08 Å². The lowest BCUT2D eigenvalue weighted by atomic mass is 10.0. The van der Waals surface area contributed by atoms with Crippen molar-refractivity contribution in [3.63, 3.8) is 0 Å². The van der Waals surface area contributed by atoms with Crippen LogP contribution in [0.25, 0.3) is 0 Å². The zero-order valence-corrected chi connectivity index (χ0v) is 13.6. The molecule has 0 radical (unpaired) electrons. The third-order valence-corrected chi connectivity index (χ3v) is 2.91. The van der Waals surface area contributed by atoms with Gasteiger partial charge in [-0.25, -0.2) is 4.39 Å². The fourth-order valence-electron chi connectivity index (χ4n) is 1.74. The van der Waals surface area contributed by atoms with Gasteiger partial charge in [-0.2, -0.15) is 0 Å². The molecule has 4 nitrogen and oxygen atoms in total. The lowest BCUT2D eigenvalue weighted by molar-refractivity contribution is -0.384. The standard InChI is InChI=1S/C15H17FN2O2.C2H6.CH4/c1-5-11(4)13(10(2)3)9-17-14-8-12(16)6-7-15(14)18(19)20;1-2;/h5-8,17H,1-2,9H2,3-4H3;1-2H3;1H4/b13-11-;;. The number of rotatable bonds is 6. The Balaban J connectivity index is 0. The van der Waals surface area contributed by atoms with Crippen LogP contribution in [0, 0.1) is 15.9 Å². The van der Waals surface area contributed by atoms with Gasteiger partial charge in [0.15, 0.2) is 0 Å². The highest BCUT2D eigenvalue weighted by Crippen LogP contribution is 2.26. The third-order valence-electron chi connectivity index (χ3n) is 2.91. The Hall–Kier alpha value is -2.43. The molecule has 5 heteroatoms. The van der Waals surface area contributed by atoms with Crippen molar-refractivity contribution in [2.45, 2.75) is 35.1 Å². The molecule has 0 aromatic heterocycles. The van der Waals surface area contributed by atoms with Crippen LogP contribution in [0.3, 0.4) is 0 Å². The van der Waals surface area contributed by atoms with Gasteiger partial charge < -0.3 is 5.32 Å². The minimum atomic E-state index is -0.549. The highest BCUT2D eigenvalue weighted by molar-refractivity contribution is 5.62. The van der Waals surface area contributed by atoms with Crippen molar-refractivity contribution >= 4 is 11.4 Å². The van der Waals surface area contributed by atoms with Crippen LogP contribution in [0.15, 0.2) is 54.2 Å². The number of halogens is 1. The minimum absolute atomic E-state index is 0. The smallest absolute Gasteiger partial charge is 0.292 e. The Labute approximate surface area is 138 Å². The Morgan fingerprint density at radius 1 is 1.39 bits per heavy atom. The zero-order valence-electron chi connectivity index (χ0n) is 13.6. The number of hydrogen-bond acceptors (Lipinski definition) is 3. The molecule has 1 rings (SSSR count). The summed E-state index contributed by atoms with van der Waals surface area (Å²) in [5, 5.41) is 13.8. The number of anilines is 1. The second-order valence-corrected chi connectivity index (χ2v) is 4.42. The van der Waals surface area contributed by atoms with Crippen LogP contribution in [-0.4, -0.2) is 11.5 Å². The maximum Gasteiger partial charge on any atom is 0.292 e. The van der Waals surface area contributed by atoms with Gasteiger partial charge in [-0.1, -0.05) is 46.1 Å². The van der Waals surface area contributed by atoms with E-state index in [4.69, 9.17) is 0 Å². The second-order valence-electron chi connectivity index (χ2n) is 4.42. The summed E-state index contributed by atoms with van der Waals surface area (Å²) in [5.74, 6) is -0.528. The van der Waals surface area contributed by atoms with Crippen LogP contribution in [0.1, 0.15) is 35.1 Å². The first kappa shape index (κ1) is 22.8. The van der Waals surface area contributed by atoms with Crippen LogP contribution in [0.2, 0.25) is 0 Å². The first-order chi connectivity index (χ1) is 10.4. The molecule has 1 aromatic rings. The SMILES string of the molecule is C.C=C/C(C)=C(/CNc1cc(F)ccc1[N+](=O)[O-])C(=C)C.CC. The number of hydrogen-bond donors (Lipinski definition) is 1. The number of benzene rings is 1. The second kappa shape index (κ2) is 11.2. The molecule has 1 N–H and O–H groups in total. The van der Waals surface area contributed by atoms with Crippen molar-refractivity contribution in [1.29, 1.82) is 0 Å². The maximum absolute atomic E-state index is 13.2. The average molecular weight is 322 g/mol. The minimum Gasteiger partial charge on any atom is -0.375 e. The monoisotopic (exact) mass is 322 g/mol. The topological polar surface area (TPSA) is 55.2 Å². The summed E-state index contributed by atoms with van der Waals surface area (Å²) in [6.07, 6.45) is 1.69. The normalized spacial score (nSPS) is 10.3. The van der Waals surface area contributed by atoms with Crippen LogP contribution in [0.4, 0.5) is 15.8 Å². The van der Waals surface area contributed by atoms with E-state index in [0.717, 1.165) is 34.9 Å². The summed E-state index contributed by atoms with van der Waals surface area (Å²) in [6, 6.07) is 3.31. The Morgan fingerprint density at radius 3 is 2.39 bits per heavy atom. The van der Waals surface area contributed by atoms with Crippen molar-refractivity contribution in [1.82, 2.24) is 0 Å². The molecule has 0 aliphatic heterocycles. The molecule has 0 saturated heterocycles. The van der Waals surface area contributed by atoms with Crippen molar-refractivity contribution in [3.8, 4) is 0 Å². The van der Waals surface area contributed by atoms with Gasteiger partial charge in [0.05, 0.1) is 4.92 Å². The van der Waals surface area contributed by atoms with E-state index in [0.29, 0.717) is 6.54 Å². The van der Waals surface area contributed by atoms with Crippen molar-refractivity contribution in [2.75, 3.05) is 11.9 Å². The summed E-state index contributed by atoms with van der Waals surface area (Å²) >= 11 is 0. The third kappa shape index (κ3) is 6.91. The van der Waals surface area contributed by atoms with E-state index in [9.17, 15) is 14.5 Å². The summed E-state index contributed by atoms with van der Waals surface area (Å²) in [7, 11) is 0. The molecule has 0 fully saturated rings. The number of nitro groups is 1. The Kier molecular flexibility index (Phi) is 11.1. The highest BCUT2D eigenvalue weighted by atomic mass is 19.1. The molecular formula is C18H27FN2O2. The van der Waals surface area contributed by atoms with Crippen LogP contribution >= 0.6 is 0 Å². The predicted molar refractivity (Wildman–Crippen MR) is 97.3 cm³/mol. The van der Waals surface area contributed by atoms with Crippen LogP contribution in [0.5, 0.6) is 0 Å². The van der Waals surface area contributed by atoms with Crippen LogP contribution in [-0.2, 0) is 0 Å². The summed E-state index contributed by atoms with van der Waals surface area (Å²) in [6.45, 7) is 15.6. The van der Waals surface area contributed by atoms with E-state index < -0.39 is 10.7 Å². The molecule has 0 spiro atoms.